The van der Waals surface area contributed by atoms with Crippen molar-refractivity contribution >= 4 is 5.91 Å². The molecule has 1 fully saturated rings. The quantitative estimate of drug-likeness (QED) is 0.568. The molecule has 1 aliphatic rings. The molecule has 4 rings (SSSR count). The number of benzene rings is 1. The minimum atomic E-state index is -0.183. The van der Waals surface area contributed by atoms with Gasteiger partial charge in [-0.3, -0.25) is 9.78 Å². The Morgan fingerprint density at radius 1 is 1.22 bits per heavy atom. The number of aromatic amines is 1. The Morgan fingerprint density at radius 3 is 2.72 bits per heavy atom. The summed E-state index contributed by atoms with van der Waals surface area (Å²) in [4.78, 5) is 20.3. The van der Waals surface area contributed by atoms with Crippen molar-refractivity contribution in [3.05, 3.63) is 76.5 Å². The average molecular weight is 431 g/mol. The average Bonchev–Trinajstić information content (AvgIpc) is 3.21. The Balaban J connectivity index is 1.39. The monoisotopic (exact) mass is 430 g/mol. The van der Waals surface area contributed by atoms with Crippen LogP contribution in [-0.2, 0) is 0 Å². The standard InChI is InChI=1S/C26H27FN4O/c1-16-13-23(25(31-16)22-6-4-3-5-20(22)14-28)26(32)30-15-18-7-9-19(10-8-18)21-11-12-29-17(2)24(21)27/h3-6,11-13,18-19,31H,7-10,15H2,1-2H3,(H,30,32). The van der Waals surface area contributed by atoms with Gasteiger partial charge in [0.2, 0.25) is 0 Å². The molecule has 6 heteroatoms. The zero-order chi connectivity index (χ0) is 22.7. The Hall–Kier alpha value is -3.46. The van der Waals surface area contributed by atoms with Crippen LogP contribution in [0.15, 0.2) is 42.6 Å². The van der Waals surface area contributed by atoms with E-state index in [-0.39, 0.29) is 17.6 Å². The number of carbonyl (C=O) groups is 1. The molecule has 0 saturated heterocycles. The molecule has 0 atom stereocenters. The van der Waals surface area contributed by atoms with E-state index >= 15 is 0 Å². The SMILES string of the molecule is Cc1cc(C(=O)NCC2CCC(c3ccnc(C)c3F)CC2)c(-c2ccccc2C#N)[nH]1. The molecule has 0 radical (unpaired) electrons. The van der Waals surface area contributed by atoms with Crippen molar-refractivity contribution < 1.29 is 9.18 Å². The second kappa shape index (κ2) is 9.35. The van der Waals surface area contributed by atoms with Crippen molar-refractivity contribution in [1.29, 1.82) is 5.26 Å². The fourth-order valence-electron chi connectivity index (χ4n) is 4.67. The van der Waals surface area contributed by atoms with Crippen LogP contribution in [-0.4, -0.2) is 22.4 Å². The van der Waals surface area contributed by atoms with Crippen LogP contribution in [0.3, 0.4) is 0 Å². The van der Waals surface area contributed by atoms with Crippen molar-refractivity contribution in [2.75, 3.05) is 6.54 Å². The van der Waals surface area contributed by atoms with Crippen LogP contribution < -0.4 is 5.32 Å². The predicted molar refractivity (Wildman–Crippen MR) is 122 cm³/mol. The van der Waals surface area contributed by atoms with Gasteiger partial charge in [0.1, 0.15) is 5.82 Å². The second-order valence-electron chi connectivity index (χ2n) is 8.63. The third kappa shape index (κ3) is 4.43. The topological polar surface area (TPSA) is 81.6 Å². The van der Waals surface area contributed by atoms with Gasteiger partial charge in [0, 0.05) is 24.0 Å². The minimum absolute atomic E-state index is 0.144. The molecule has 2 aromatic heterocycles. The third-order valence-corrected chi connectivity index (χ3v) is 6.45. The molecule has 1 amide bonds. The van der Waals surface area contributed by atoms with Crippen LogP contribution in [0.1, 0.15) is 64.5 Å². The summed E-state index contributed by atoms with van der Waals surface area (Å²) in [6.45, 7) is 4.19. The number of nitriles is 1. The van der Waals surface area contributed by atoms with E-state index in [9.17, 15) is 14.4 Å². The van der Waals surface area contributed by atoms with E-state index < -0.39 is 0 Å². The summed E-state index contributed by atoms with van der Waals surface area (Å²) in [5.41, 5.74) is 4.56. The highest BCUT2D eigenvalue weighted by atomic mass is 19.1. The van der Waals surface area contributed by atoms with Gasteiger partial charge in [-0.25, -0.2) is 4.39 Å². The molecule has 164 valence electrons. The lowest BCUT2D eigenvalue weighted by Crippen LogP contribution is -2.31. The molecule has 0 bridgehead atoms. The van der Waals surface area contributed by atoms with Gasteiger partial charge in [-0.2, -0.15) is 5.26 Å². The van der Waals surface area contributed by atoms with E-state index in [2.05, 4.69) is 21.4 Å². The van der Waals surface area contributed by atoms with Gasteiger partial charge in [0.05, 0.1) is 28.6 Å². The summed E-state index contributed by atoms with van der Waals surface area (Å²) in [6.07, 6.45) is 5.39. The number of hydrogen-bond acceptors (Lipinski definition) is 3. The Morgan fingerprint density at radius 2 is 1.97 bits per heavy atom. The Labute approximate surface area is 187 Å². The summed E-state index contributed by atoms with van der Waals surface area (Å²) in [7, 11) is 0. The maximum absolute atomic E-state index is 14.4. The van der Waals surface area contributed by atoms with E-state index in [1.807, 2.05) is 31.2 Å². The number of amides is 1. The molecular weight excluding hydrogens is 403 g/mol. The van der Waals surface area contributed by atoms with E-state index in [1.165, 1.54) is 0 Å². The molecule has 0 spiro atoms. The van der Waals surface area contributed by atoms with Gasteiger partial charge in [-0.15, -0.1) is 0 Å². The fourth-order valence-corrected chi connectivity index (χ4v) is 4.67. The zero-order valence-electron chi connectivity index (χ0n) is 18.4. The number of aryl methyl sites for hydroxylation is 2. The molecular formula is C26H27FN4O. The van der Waals surface area contributed by atoms with Crippen molar-refractivity contribution in [3.63, 3.8) is 0 Å². The number of carbonyl (C=O) groups excluding carboxylic acids is 1. The highest BCUT2D eigenvalue weighted by molar-refractivity contribution is 6.01. The van der Waals surface area contributed by atoms with Crippen LogP contribution in [0.2, 0.25) is 0 Å². The molecule has 1 aliphatic carbocycles. The molecule has 0 unspecified atom stereocenters. The number of aromatic nitrogens is 2. The molecule has 32 heavy (non-hydrogen) atoms. The number of H-pyrrole nitrogens is 1. The summed E-state index contributed by atoms with van der Waals surface area (Å²) < 4.78 is 14.4. The van der Waals surface area contributed by atoms with Gasteiger partial charge in [-0.1, -0.05) is 18.2 Å². The van der Waals surface area contributed by atoms with Gasteiger partial charge < -0.3 is 10.3 Å². The van der Waals surface area contributed by atoms with Crippen LogP contribution in [0.25, 0.3) is 11.3 Å². The third-order valence-electron chi connectivity index (χ3n) is 6.45. The molecule has 2 heterocycles. The first-order valence-electron chi connectivity index (χ1n) is 11.1. The second-order valence-corrected chi connectivity index (χ2v) is 8.63. The number of pyridine rings is 1. The predicted octanol–water partition coefficient (Wildman–Crippen LogP) is 5.41. The van der Waals surface area contributed by atoms with Crippen molar-refractivity contribution in [3.8, 4) is 17.3 Å². The number of hydrogen-bond donors (Lipinski definition) is 2. The first kappa shape index (κ1) is 21.8. The lowest BCUT2D eigenvalue weighted by molar-refractivity contribution is 0.0943. The normalized spacial score (nSPS) is 18.2. The largest absolute Gasteiger partial charge is 0.358 e. The summed E-state index contributed by atoms with van der Waals surface area (Å²) in [6, 6.07) is 13.1. The molecule has 2 N–H and O–H groups in total. The molecule has 0 aliphatic heterocycles. The number of rotatable bonds is 5. The number of nitrogens with zero attached hydrogens (tertiary/aromatic N) is 2. The van der Waals surface area contributed by atoms with Crippen LogP contribution in [0.4, 0.5) is 4.39 Å². The fraction of sp³-hybridized carbons (Fsp3) is 0.346. The molecule has 5 nitrogen and oxygen atoms in total. The highest BCUT2D eigenvalue weighted by Gasteiger charge is 2.26. The zero-order valence-corrected chi connectivity index (χ0v) is 18.4. The van der Waals surface area contributed by atoms with Crippen molar-refractivity contribution in [1.82, 2.24) is 15.3 Å². The van der Waals surface area contributed by atoms with Gasteiger partial charge in [-0.05, 0) is 75.1 Å². The molecule has 1 aromatic carbocycles. The van der Waals surface area contributed by atoms with Crippen molar-refractivity contribution in [2.45, 2.75) is 45.4 Å². The lowest BCUT2D eigenvalue weighted by Gasteiger charge is -2.29. The smallest absolute Gasteiger partial charge is 0.253 e. The van der Waals surface area contributed by atoms with Gasteiger partial charge >= 0.3 is 0 Å². The Kier molecular flexibility index (Phi) is 6.36. The number of nitrogens with one attached hydrogen (secondary N) is 2. The lowest BCUT2D eigenvalue weighted by atomic mass is 9.78. The van der Waals surface area contributed by atoms with Gasteiger partial charge in [0.25, 0.3) is 5.91 Å². The van der Waals surface area contributed by atoms with Gasteiger partial charge in [0.15, 0.2) is 0 Å². The van der Waals surface area contributed by atoms with E-state index in [1.54, 1.807) is 25.3 Å². The van der Waals surface area contributed by atoms with E-state index in [4.69, 9.17) is 0 Å². The summed E-state index contributed by atoms with van der Waals surface area (Å²) in [5, 5.41) is 12.5. The minimum Gasteiger partial charge on any atom is -0.358 e. The first-order valence-corrected chi connectivity index (χ1v) is 11.1. The van der Waals surface area contributed by atoms with Crippen molar-refractivity contribution in [2.24, 2.45) is 5.92 Å². The summed E-state index contributed by atoms with van der Waals surface area (Å²) in [5.74, 6) is 0.258. The maximum Gasteiger partial charge on any atom is 0.253 e. The first-order chi connectivity index (χ1) is 15.5. The molecule has 3 aromatic rings. The summed E-state index contributed by atoms with van der Waals surface area (Å²) >= 11 is 0. The van der Waals surface area contributed by atoms with Crippen LogP contribution in [0.5, 0.6) is 0 Å². The van der Waals surface area contributed by atoms with E-state index in [0.717, 1.165) is 42.5 Å². The van der Waals surface area contributed by atoms with E-state index in [0.29, 0.717) is 35.0 Å². The van der Waals surface area contributed by atoms with Crippen LogP contribution >= 0.6 is 0 Å². The maximum atomic E-state index is 14.4. The van der Waals surface area contributed by atoms with Crippen LogP contribution in [0, 0.1) is 36.9 Å². The Bertz CT molecular complexity index is 1170. The molecule has 1 saturated carbocycles. The number of halogens is 1. The highest BCUT2D eigenvalue weighted by Crippen LogP contribution is 2.37.